The van der Waals surface area contributed by atoms with Crippen molar-refractivity contribution in [2.75, 3.05) is 38.2 Å². The van der Waals surface area contributed by atoms with Crippen LogP contribution in [0.4, 0.5) is 5.00 Å². The summed E-state index contributed by atoms with van der Waals surface area (Å²) in [4.78, 5) is 16.0. The molecule has 4 rings (SSSR count). The van der Waals surface area contributed by atoms with E-state index in [1.165, 1.54) is 4.88 Å². The van der Waals surface area contributed by atoms with Gasteiger partial charge in [0, 0.05) is 23.8 Å². The summed E-state index contributed by atoms with van der Waals surface area (Å²) < 4.78 is 11.2. The molecule has 2 aliphatic heterocycles. The predicted octanol–water partition coefficient (Wildman–Crippen LogP) is 2.52. The largest absolute Gasteiger partial charge is 0.350 e. The fourth-order valence-electron chi connectivity index (χ4n) is 4.16. The first kappa shape index (κ1) is 17.9. The second kappa shape index (κ2) is 8.05. The molecule has 0 aromatic carbocycles. The molecule has 1 amide bonds. The van der Waals surface area contributed by atoms with E-state index in [1.807, 2.05) is 0 Å². The molecule has 1 aromatic heterocycles. The molecule has 0 unspecified atom stereocenters. The fourth-order valence-corrected chi connectivity index (χ4v) is 5.41. The molecule has 1 aliphatic carbocycles. The van der Waals surface area contributed by atoms with E-state index in [9.17, 15) is 10.1 Å². The average molecular weight is 375 g/mol. The van der Waals surface area contributed by atoms with Crippen molar-refractivity contribution in [2.45, 2.75) is 44.8 Å². The Kier molecular flexibility index (Phi) is 5.55. The molecular formula is C19H25N3O3S. The van der Waals surface area contributed by atoms with Gasteiger partial charge in [0.2, 0.25) is 5.91 Å². The van der Waals surface area contributed by atoms with Gasteiger partial charge < -0.3 is 19.7 Å². The van der Waals surface area contributed by atoms with Gasteiger partial charge in [-0.1, -0.05) is 0 Å². The van der Waals surface area contributed by atoms with E-state index in [-0.39, 0.29) is 12.2 Å². The number of hydrogen-bond donors (Lipinski definition) is 1. The Morgan fingerprint density at radius 2 is 2.04 bits per heavy atom. The van der Waals surface area contributed by atoms with Gasteiger partial charge in [0.1, 0.15) is 11.1 Å². The highest BCUT2D eigenvalue weighted by molar-refractivity contribution is 7.16. The van der Waals surface area contributed by atoms with Gasteiger partial charge in [-0.3, -0.25) is 4.79 Å². The highest BCUT2D eigenvalue weighted by Gasteiger charge is 2.30. The maximum atomic E-state index is 12.3. The zero-order valence-corrected chi connectivity index (χ0v) is 15.8. The second-order valence-corrected chi connectivity index (χ2v) is 8.37. The van der Waals surface area contributed by atoms with Gasteiger partial charge in [0.05, 0.1) is 18.8 Å². The summed E-state index contributed by atoms with van der Waals surface area (Å²) in [6, 6.07) is 2.28. The number of carbonyl (C=O) groups excluding carboxylic acids is 1. The third kappa shape index (κ3) is 3.79. The molecule has 26 heavy (non-hydrogen) atoms. The topological polar surface area (TPSA) is 74.6 Å². The Morgan fingerprint density at radius 1 is 1.27 bits per heavy atom. The van der Waals surface area contributed by atoms with Crippen LogP contribution >= 0.6 is 11.3 Å². The summed E-state index contributed by atoms with van der Waals surface area (Å²) in [5.41, 5.74) is 1.85. The number of fused-ring (bicyclic) bond motifs is 1. The number of ether oxygens (including phenoxy) is 2. The first-order chi connectivity index (χ1) is 12.7. The van der Waals surface area contributed by atoms with E-state index in [0.717, 1.165) is 62.3 Å². The minimum atomic E-state index is -0.0226. The van der Waals surface area contributed by atoms with Gasteiger partial charge in [-0.2, -0.15) is 5.26 Å². The molecule has 1 N–H and O–H groups in total. The number of piperidine rings is 1. The third-order valence-corrected chi connectivity index (χ3v) is 6.81. The first-order valence-corrected chi connectivity index (χ1v) is 10.4. The molecule has 3 heterocycles. The maximum Gasteiger partial charge on any atom is 0.226 e. The minimum Gasteiger partial charge on any atom is -0.350 e. The van der Waals surface area contributed by atoms with Crippen LogP contribution in [0.3, 0.4) is 0 Å². The minimum absolute atomic E-state index is 0.00556. The quantitative estimate of drug-likeness (QED) is 0.856. The van der Waals surface area contributed by atoms with E-state index >= 15 is 0 Å². The first-order valence-electron chi connectivity index (χ1n) is 9.54. The Balaban J connectivity index is 1.23. The molecule has 0 spiro atoms. The number of rotatable bonds is 5. The standard InChI is InChI=1S/C19H25N3O3S/c20-12-15-14-2-1-3-16(14)26-18(15)21-17(23)6-9-22-7-4-13(5-8-22)19-24-10-11-25-19/h13,19H,1-11H2,(H,21,23). The summed E-state index contributed by atoms with van der Waals surface area (Å²) in [6.07, 6.45) is 5.68. The molecule has 140 valence electrons. The Bertz CT molecular complexity index is 698. The predicted molar refractivity (Wildman–Crippen MR) is 99.2 cm³/mol. The van der Waals surface area contributed by atoms with Crippen molar-refractivity contribution < 1.29 is 14.3 Å². The molecule has 6 nitrogen and oxygen atoms in total. The van der Waals surface area contributed by atoms with E-state index in [1.54, 1.807) is 11.3 Å². The van der Waals surface area contributed by atoms with Gasteiger partial charge in [0.15, 0.2) is 6.29 Å². The van der Waals surface area contributed by atoms with Gasteiger partial charge in [-0.15, -0.1) is 11.3 Å². The number of carbonyl (C=O) groups is 1. The molecule has 2 saturated heterocycles. The van der Waals surface area contributed by atoms with E-state index in [0.29, 0.717) is 31.1 Å². The van der Waals surface area contributed by atoms with Crippen LogP contribution in [0.2, 0.25) is 0 Å². The summed E-state index contributed by atoms with van der Waals surface area (Å²) in [6.45, 7) is 4.15. The number of hydrogen-bond acceptors (Lipinski definition) is 6. The van der Waals surface area contributed by atoms with Crippen LogP contribution in [0, 0.1) is 17.2 Å². The number of nitrogens with one attached hydrogen (secondary N) is 1. The molecule has 1 aromatic rings. The number of amides is 1. The summed E-state index contributed by atoms with van der Waals surface area (Å²) in [5, 5.41) is 13.1. The van der Waals surface area contributed by atoms with Gasteiger partial charge >= 0.3 is 0 Å². The van der Waals surface area contributed by atoms with Gasteiger partial charge in [-0.05, 0) is 50.8 Å². The average Bonchev–Trinajstić information content (AvgIpc) is 3.38. The normalized spacial score (nSPS) is 21.7. The van der Waals surface area contributed by atoms with E-state index in [2.05, 4.69) is 16.3 Å². The molecule has 3 aliphatic rings. The number of aryl methyl sites for hydroxylation is 1. The molecule has 0 atom stereocenters. The van der Waals surface area contributed by atoms with Crippen LogP contribution in [-0.4, -0.2) is 49.9 Å². The smallest absolute Gasteiger partial charge is 0.226 e. The van der Waals surface area contributed by atoms with Crippen LogP contribution in [0.15, 0.2) is 0 Å². The van der Waals surface area contributed by atoms with Crippen molar-refractivity contribution in [3.63, 3.8) is 0 Å². The van der Waals surface area contributed by atoms with Crippen molar-refractivity contribution in [3.8, 4) is 6.07 Å². The Labute approximate surface area is 158 Å². The van der Waals surface area contributed by atoms with Crippen LogP contribution < -0.4 is 5.32 Å². The number of anilines is 1. The zero-order chi connectivity index (χ0) is 17.9. The number of likely N-dealkylation sites (tertiary alicyclic amines) is 1. The number of thiophene rings is 1. The van der Waals surface area contributed by atoms with E-state index < -0.39 is 0 Å². The van der Waals surface area contributed by atoms with Gasteiger partial charge in [0.25, 0.3) is 0 Å². The zero-order valence-electron chi connectivity index (χ0n) is 15.0. The maximum absolute atomic E-state index is 12.3. The molecule has 0 radical (unpaired) electrons. The third-order valence-electron chi connectivity index (χ3n) is 5.61. The molecule has 0 saturated carbocycles. The highest BCUT2D eigenvalue weighted by Crippen LogP contribution is 2.38. The van der Waals surface area contributed by atoms with Crippen LogP contribution in [0.5, 0.6) is 0 Å². The fraction of sp³-hybridized carbons (Fsp3) is 0.684. The lowest BCUT2D eigenvalue weighted by Crippen LogP contribution is -2.39. The second-order valence-electron chi connectivity index (χ2n) is 7.26. The van der Waals surface area contributed by atoms with Crippen molar-refractivity contribution in [2.24, 2.45) is 5.92 Å². The summed E-state index contributed by atoms with van der Waals surface area (Å²) in [7, 11) is 0. The van der Waals surface area contributed by atoms with Crippen LogP contribution in [0.1, 0.15) is 41.7 Å². The van der Waals surface area contributed by atoms with Crippen molar-refractivity contribution in [3.05, 3.63) is 16.0 Å². The lowest BCUT2D eigenvalue weighted by molar-refractivity contribution is -0.117. The highest BCUT2D eigenvalue weighted by atomic mass is 32.1. The molecule has 2 fully saturated rings. The summed E-state index contributed by atoms with van der Waals surface area (Å²) in [5.74, 6) is 0.486. The number of nitrogens with zero attached hydrogens (tertiary/aromatic N) is 2. The van der Waals surface area contributed by atoms with E-state index in [4.69, 9.17) is 9.47 Å². The van der Waals surface area contributed by atoms with Crippen molar-refractivity contribution >= 4 is 22.2 Å². The van der Waals surface area contributed by atoms with Gasteiger partial charge in [-0.25, -0.2) is 0 Å². The molecule has 7 heteroatoms. The summed E-state index contributed by atoms with van der Waals surface area (Å²) >= 11 is 1.58. The van der Waals surface area contributed by atoms with Crippen molar-refractivity contribution in [1.29, 1.82) is 5.26 Å². The van der Waals surface area contributed by atoms with Crippen LogP contribution in [0.25, 0.3) is 0 Å². The molecule has 0 bridgehead atoms. The lowest BCUT2D eigenvalue weighted by Gasteiger charge is -2.33. The van der Waals surface area contributed by atoms with Crippen molar-refractivity contribution in [1.82, 2.24) is 4.90 Å². The number of nitriles is 1. The SMILES string of the molecule is N#Cc1c(NC(=O)CCN2CCC(C3OCCO3)CC2)sc2c1CCC2. The molecular weight excluding hydrogens is 350 g/mol. The van der Waals surface area contributed by atoms with Crippen LogP contribution in [-0.2, 0) is 27.1 Å². The monoisotopic (exact) mass is 375 g/mol. The lowest BCUT2D eigenvalue weighted by atomic mass is 9.96. The Hall–Kier alpha value is -1.46. The Morgan fingerprint density at radius 3 is 2.77 bits per heavy atom.